The first-order valence-corrected chi connectivity index (χ1v) is 6.97. The molecular formula is C15H19N3O3. The number of esters is 1. The van der Waals surface area contributed by atoms with Gasteiger partial charge in [-0.2, -0.15) is 4.99 Å². The van der Waals surface area contributed by atoms with Crippen molar-refractivity contribution in [1.82, 2.24) is 4.90 Å². The molecule has 2 rings (SSSR count). The minimum absolute atomic E-state index is 0.336. The van der Waals surface area contributed by atoms with Gasteiger partial charge in [-0.3, -0.25) is 0 Å². The number of carbonyl (C=O) groups excluding carboxylic acids is 2. The van der Waals surface area contributed by atoms with Gasteiger partial charge in [-0.25, -0.2) is 9.59 Å². The van der Waals surface area contributed by atoms with E-state index in [2.05, 4.69) is 10.3 Å². The molecule has 1 saturated heterocycles. The zero-order valence-electron chi connectivity index (χ0n) is 12.3. The average molecular weight is 289 g/mol. The summed E-state index contributed by atoms with van der Waals surface area (Å²) in [6.07, 6.45) is 1.85. The van der Waals surface area contributed by atoms with Crippen LogP contribution in [0.4, 0.5) is 10.5 Å². The van der Waals surface area contributed by atoms with Gasteiger partial charge in [0.25, 0.3) is 0 Å². The quantitative estimate of drug-likeness (QED) is 0.868. The number of nitrogens with zero attached hydrogens (tertiary/aromatic N) is 2. The first-order valence-electron chi connectivity index (χ1n) is 6.97. The summed E-state index contributed by atoms with van der Waals surface area (Å²) >= 11 is 0. The van der Waals surface area contributed by atoms with Gasteiger partial charge in [-0.1, -0.05) is 0 Å². The summed E-state index contributed by atoms with van der Waals surface area (Å²) in [5.74, 6) is 0.429. The number of ether oxygens (including phenoxy) is 1. The smallest absolute Gasteiger partial charge is 0.347 e. The maximum absolute atomic E-state index is 11.8. The third kappa shape index (κ3) is 4.05. The Morgan fingerprint density at radius 3 is 2.62 bits per heavy atom. The molecule has 0 aromatic heterocycles. The molecule has 0 atom stereocenters. The van der Waals surface area contributed by atoms with E-state index in [1.807, 2.05) is 11.9 Å². The van der Waals surface area contributed by atoms with Gasteiger partial charge in [0.1, 0.15) is 5.84 Å². The summed E-state index contributed by atoms with van der Waals surface area (Å²) in [6.45, 7) is 3.02. The van der Waals surface area contributed by atoms with Gasteiger partial charge < -0.3 is 15.0 Å². The highest BCUT2D eigenvalue weighted by molar-refractivity contribution is 6.00. The molecule has 1 aliphatic rings. The van der Waals surface area contributed by atoms with Crippen molar-refractivity contribution in [3.63, 3.8) is 0 Å². The van der Waals surface area contributed by atoms with E-state index in [4.69, 9.17) is 4.74 Å². The average Bonchev–Trinajstić information content (AvgIpc) is 2.85. The monoisotopic (exact) mass is 289 g/mol. The fourth-order valence-electron chi connectivity index (χ4n) is 2.11. The van der Waals surface area contributed by atoms with Gasteiger partial charge in [0.15, 0.2) is 0 Å². The largest absolute Gasteiger partial charge is 0.462 e. The number of hydrogen-bond acceptors (Lipinski definition) is 3. The van der Waals surface area contributed by atoms with Crippen molar-refractivity contribution < 1.29 is 14.3 Å². The predicted molar refractivity (Wildman–Crippen MR) is 80.7 cm³/mol. The lowest BCUT2D eigenvalue weighted by Crippen LogP contribution is -2.21. The van der Waals surface area contributed by atoms with E-state index in [1.165, 1.54) is 0 Å². The van der Waals surface area contributed by atoms with E-state index in [9.17, 15) is 9.59 Å². The van der Waals surface area contributed by atoms with Crippen molar-refractivity contribution in [1.29, 1.82) is 0 Å². The van der Waals surface area contributed by atoms with Crippen LogP contribution in [-0.4, -0.2) is 42.9 Å². The minimum Gasteiger partial charge on any atom is -0.462 e. The normalized spacial score (nSPS) is 16.1. The molecule has 1 aromatic carbocycles. The molecule has 6 heteroatoms. The van der Waals surface area contributed by atoms with Crippen LogP contribution in [0.15, 0.2) is 29.3 Å². The maximum Gasteiger partial charge on any atom is 0.347 e. The fraction of sp³-hybridized carbons (Fsp3) is 0.400. The number of urea groups is 1. The van der Waals surface area contributed by atoms with Gasteiger partial charge >= 0.3 is 12.0 Å². The number of carbonyl (C=O) groups is 2. The summed E-state index contributed by atoms with van der Waals surface area (Å²) < 4.78 is 4.90. The van der Waals surface area contributed by atoms with Crippen LogP contribution in [-0.2, 0) is 4.74 Å². The number of benzene rings is 1. The van der Waals surface area contributed by atoms with Gasteiger partial charge in [0, 0.05) is 25.7 Å². The Balaban J connectivity index is 1.97. The number of amidine groups is 1. The molecule has 1 aliphatic heterocycles. The second kappa shape index (κ2) is 6.88. The summed E-state index contributed by atoms with van der Waals surface area (Å²) in [4.78, 5) is 29.3. The van der Waals surface area contributed by atoms with Crippen molar-refractivity contribution in [3.05, 3.63) is 29.8 Å². The zero-order chi connectivity index (χ0) is 15.2. The Hall–Kier alpha value is -2.37. The topological polar surface area (TPSA) is 71.0 Å². The molecule has 0 bridgehead atoms. The molecule has 6 nitrogen and oxygen atoms in total. The summed E-state index contributed by atoms with van der Waals surface area (Å²) in [7, 11) is 1.92. The molecule has 0 saturated carbocycles. The number of anilines is 1. The Kier molecular flexibility index (Phi) is 4.92. The summed E-state index contributed by atoms with van der Waals surface area (Å²) in [5, 5.41) is 2.68. The standard InChI is InChI=1S/C15H19N3O3/c1-3-21-14(19)11-6-8-12(9-7-11)16-15(20)17-13-5-4-10-18(13)2/h6-9H,3-5,10H2,1-2H3,(H,16,20)/b17-13+. The maximum atomic E-state index is 11.8. The van der Waals surface area contributed by atoms with Crippen molar-refractivity contribution in [2.75, 3.05) is 25.5 Å². The molecule has 1 heterocycles. The van der Waals surface area contributed by atoms with Gasteiger partial charge in [-0.15, -0.1) is 0 Å². The van der Waals surface area contributed by atoms with E-state index in [0.717, 1.165) is 25.2 Å². The van der Waals surface area contributed by atoms with Crippen molar-refractivity contribution >= 4 is 23.5 Å². The molecule has 1 fully saturated rings. The molecule has 112 valence electrons. The van der Waals surface area contributed by atoms with Crippen LogP contribution in [0.25, 0.3) is 0 Å². The number of amides is 2. The molecule has 0 unspecified atom stereocenters. The number of aliphatic imine (C=N–C) groups is 1. The lowest BCUT2D eigenvalue weighted by molar-refractivity contribution is 0.0526. The van der Waals surface area contributed by atoms with Crippen LogP contribution in [0, 0.1) is 0 Å². The van der Waals surface area contributed by atoms with Crippen molar-refractivity contribution in [3.8, 4) is 0 Å². The van der Waals surface area contributed by atoms with Crippen LogP contribution >= 0.6 is 0 Å². The molecule has 0 radical (unpaired) electrons. The minimum atomic E-state index is -0.400. The molecular weight excluding hydrogens is 270 g/mol. The second-order valence-corrected chi connectivity index (χ2v) is 4.78. The highest BCUT2D eigenvalue weighted by Gasteiger charge is 2.15. The zero-order valence-corrected chi connectivity index (χ0v) is 12.3. The first kappa shape index (κ1) is 15.0. The SMILES string of the molecule is CCOC(=O)c1ccc(NC(=O)/N=C2\CCCN2C)cc1. The second-order valence-electron chi connectivity index (χ2n) is 4.78. The summed E-state index contributed by atoms with van der Waals surface area (Å²) in [5.41, 5.74) is 1.05. The Labute approximate surface area is 123 Å². The van der Waals surface area contributed by atoms with E-state index >= 15 is 0 Å². The van der Waals surface area contributed by atoms with Crippen LogP contribution in [0.3, 0.4) is 0 Å². The number of likely N-dealkylation sites (tertiary alicyclic amines) is 1. The highest BCUT2D eigenvalue weighted by atomic mass is 16.5. The van der Waals surface area contributed by atoms with E-state index in [-0.39, 0.29) is 5.97 Å². The molecule has 1 N–H and O–H groups in total. The third-order valence-electron chi connectivity index (χ3n) is 3.21. The number of hydrogen-bond donors (Lipinski definition) is 1. The molecule has 2 amide bonds. The fourth-order valence-corrected chi connectivity index (χ4v) is 2.11. The highest BCUT2D eigenvalue weighted by Crippen LogP contribution is 2.12. The van der Waals surface area contributed by atoms with E-state index in [1.54, 1.807) is 31.2 Å². The Morgan fingerprint density at radius 1 is 1.33 bits per heavy atom. The molecule has 0 spiro atoms. The number of nitrogens with one attached hydrogen (secondary N) is 1. The lowest BCUT2D eigenvalue weighted by atomic mass is 10.2. The third-order valence-corrected chi connectivity index (χ3v) is 3.21. The molecule has 1 aromatic rings. The first-order chi connectivity index (χ1) is 10.1. The Morgan fingerprint density at radius 2 is 2.05 bits per heavy atom. The van der Waals surface area contributed by atoms with Crippen LogP contribution < -0.4 is 5.32 Å². The van der Waals surface area contributed by atoms with Crippen molar-refractivity contribution in [2.24, 2.45) is 4.99 Å². The van der Waals surface area contributed by atoms with Gasteiger partial charge in [-0.05, 0) is 37.6 Å². The number of rotatable bonds is 3. The lowest BCUT2D eigenvalue weighted by Gasteiger charge is -2.10. The Bertz CT molecular complexity index is 552. The van der Waals surface area contributed by atoms with E-state index < -0.39 is 6.03 Å². The molecule has 21 heavy (non-hydrogen) atoms. The summed E-state index contributed by atoms with van der Waals surface area (Å²) in [6, 6.07) is 6.14. The van der Waals surface area contributed by atoms with Crippen LogP contribution in [0.5, 0.6) is 0 Å². The van der Waals surface area contributed by atoms with Gasteiger partial charge in [0.05, 0.1) is 12.2 Å². The predicted octanol–water partition coefficient (Wildman–Crippen LogP) is 2.52. The van der Waals surface area contributed by atoms with Gasteiger partial charge in [0.2, 0.25) is 0 Å². The van der Waals surface area contributed by atoms with Crippen molar-refractivity contribution in [2.45, 2.75) is 19.8 Å². The van der Waals surface area contributed by atoms with Crippen LogP contribution in [0.1, 0.15) is 30.1 Å². The van der Waals surface area contributed by atoms with Crippen LogP contribution in [0.2, 0.25) is 0 Å². The van der Waals surface area contributed by atoms with E-state index in [0.29, 0.717) is 17.9 Å². The molecule has 0 aliphatic carbocycles.